The highest BCUT2D eigenvalue weighted by Crippen LogP contribution is 2.43. The number of aliphatic hydroxyl groups excluding tert-OH is 1. The van der Waals surface area contributed by atoms with Gasteiger partial charge >= 0.3 is 25.7 Å². The molecule has 0 aromatic carbocycles. The Hall–Kier alpha value is -3.34. The van der Waals surface area contributed by atoms with E-state index in [0.717, 1.165) is 122 Å². The first kappa shape index (κ1) is 68.7. The molecule has 0 saturated heterocycles. The quantitative estimate of drug-likeness (QED) is 0.0197. The molecule has 0 bridgehead atoms. The van der Waals surface area contributed by atoms with Gasteiger partial charge in [-0.05, 0) is 109 Å². The van der Waals surface area contributed by atoms with Gasteiger partial charge in [0.15, 0.2) is 6.10 Å². The number of hydrogen-bond donors (Lipinski definition) is 2. The summed E-state index contributed by atoms with van der Waals surface area (Å²) in [6, 6.07) is 0. The predicted molar refractivity (Wildman–Crippen MR) is 298 cm³/mol. The van der Waals surface area contributed by atoms with Crippen molar-refractivity contribution in [1.29, 1.82) is 0 Å². The highest BCUT2D eigenvalue weighted by molar-refractivity contribution is 7.47. The van der Waals surface area contributed by atoms with E-state index in [9.17, 15) is 28.9 Å². The number of hydrogen-bond acceptors (Lipinski definition) is 10. The lowest BCUT2D eigenvalue weighted by molar-refractivity contribution is -0.161. The van der Waals surface area contributed by atoms with Gasteiger partial charge in [-0.1, -0.05) is 196 Å². The zero-order valence-electron chi connectivity index (χ0n) is 45.6. The van der Waals surface area contributed by atoms with Gasteiger partial charge in [0.2, 0.25) is 0 Å². The molecule has 72 heavy (non-hydrogen) atoms. The number of aliphatic hydroxyl groups is 1. The van der Waals surface area contributed by atoms with Gasteiger partial charge in [-0.25, -0.2) is 4.57 Å². The molecule has 0 radical (unpaired) electrons. The summed E-state index contributed by atoms with van der Waals surface area (Å²) < 4.78 is 39.4. The van der Waals surface area contributed by atoms with Crippen LogP contribution >= 0.6 is 7.82 Å². The summed E-state index contributed by atoms with van der Waals surface area (Å²) in [4.78, 5) is 48.5. The summed E-state index contributed by atoms with van der Waals surface area (Å²) in [5.74, 6) is -1.54. The molecule has 0 spiro atoms. The van der Waals surface area contributed by atoms with Gasteiger partial charge in [-0.2, -0.15) is 0 Å². The molecule has 414 valence electrons. The van der Waals surface area contributed by atoms with Crippen molar-refractivity contribution in [3.05, 3.63) is 85.1 Å². The van der Waals surface area contributed by atoms with Crippen LogP contribution in [0.4, 0.5) is 0 Å². The maximum absolute atomic E-state index is 12.9. The Balaban J connectivity index is 4.80. The van der Waals surface area contributed by atoms with Gasteiger partial charge in [0.1, 0.15) is 12.7 Å². The minimum atomic E-state index is -4.76. The van der Waals surface area contributed by atoms with Crippen molar-refractivity contribution in [3.8, 4) is 0 Å². The van der Waals surface area contributed by atoms with Crippen molar-refractivity contribution >= 4 is 25.7 Å². The fourth-order valence-corrected chi connectivity index (χ4v) is 8.22. The van der Waals surface area contributed by atoms with Crippen molar-refractivity contribution in [1.82, 2.24) is 0 Å². The Bertz CT molecular complexity index is 1530. The lowest BCUT2D eigenvalue weighted by atomic mass is 10.1. The second-order valence-corrected chi connectivity index (χ2v) is 20.2. The monoisotopic (exact) mass is 1030 g/mol. The number of phosphoric acid groups is 1. The molecule has 0 rings (SSSR count). The lowest BCUT2D eigenvalue weighted by Gasteiger charge is -2.21. The fourth-order valence-electron chi connectivity index (χ4n) is 7.44. The fraction of sp³-hybridized carbons (Fsp3) is 0.717. The average molecular weight is 1030 g/mol. The van der Waals surface area contributed by atoms with E-state index >= 15 is 0 Å². The molecule has 3 atom stereocenters. The Morgan fingerprint density at radius 3 is 1.21 bits per heavy atom. The van der Waals surface area contributed by atoms with E-state index < -0.39 is 57.8 Å². The zero-order chi connectivity index (χ0) is 52.7. The van der Waals surface area contributed by atoms with Crippen LogP contribution in [0.5, 0.6) is 0 Å². The van der Waals surface area contributed by atoms with E-state index in [4.69, 9.17) is 23.3 Å². The van der Waals surface area contributed by atoms with E-state index in [1.54, 1.807) is 0 Å². The first-order valence-corrected chi connectivity index (χ1v) is 30.0. The molecule has 0 aromatic rings. The number of allylic oxidation sites excluding steroid dienone is 14. The molecule has 0 heterocycles. The van der Waals surface area contributed by atoms with Crippen LogP contribution in [-0.2, 0) is 42.2 Å². The Morgan fingerprint density at radius 2 is 0.750 bits per heavy atom. The Morgan fingerprint density at radius 1 is 0.403 bits per heavy atom. The van der Waals surface area contributed by atoms with E-state index in [2.05, 4.69) is 106 Å². The van der Waals surface area contributed by atoms with Gasteiger partial charge in [0.25, 0.3) is 0 Å². The first-order chi connectivity index (χ1) is 35.2. The number of unbranched alkanes of at least 4 members (excludes halogenated alkanes) is 21. The van der Waals surface area contributed by atoms with E-state index in [1.165, 1.54) is 57.8 Å². The number of carbonyl (C=O) groups excluding carboxylic acids is 3. The van der Waals surface area contributed by atoms with Gasteiger partial charge in [0, 0.05) is 19.3 Å². The molecule has 0 amide bonds. The van der Waals surface area contributed by atoms with Crippen LogP contribution in [0.15, 0.2) is 85.1 Å². The van der Waals surface area contributed by atoms with Crippen LogP contribution in [0.3, 0.4) is 0 Å². The molecular formula is C60H103O11P. The second kappa shape index (κ2) is 53.9. The van der Waals surface area contributed by atoms with Crippen molar-refractivity contribution in [2.45, 2.75) is 251 Å². The number of carbonyl (C=O) groups is 3. The molecular weight excluding hydrogens is 928 g/mol. The van der Waals surface area contributed by atoms with Crippen LogP contribution in [0.2, 0.25) is 0 Å². The molecule has 0 aliphatic rings. The summed E-state index contributed by atoms with van der Waals surface area (Å²) >= 11 is 0. The second-order valence-electron chi connectivity index (χ2n) is 18.7. The third-order valence-corrected chi connectivity index (χ3v) is 12.7. The molecule has 0 aliphatic carbocycles. The van der Waals surface area contributed by atoms with Crippen molar-refractivity contribution in [2.75, 3.05) is 26.4 Å². The van der Waals surface area contributed by atoms with Gasteiger partial charge < -0.3 is 24.2 Å². The minimum absolute atomic E-state index is 0.150. The molecule has 0 fully saturated rings. The number of rotatable bonds is 52. The topological polar surface area (TPSA) is 155 Å². The third-order valence-electron chi connectivity index (χ3n) is 11.8. The SMILES string of the molecule is CC/C=C\C/C=C\C/C=C\C/C=C\CCCCC(=O)OCC(COP(=O)(O)OCC(CO)OC(=O)CCCCCCC/C=C\C/C=C\CCC)OC(=O)CCCCCCCCC/C=C\CCCCCCCC. The average Bonchev–Trinajstić information content (AvgIpc) is 3.37. The highest BCUT2D eigenvalue weighted by Gasteiger charge is 2.28. The first-order valence-electron chi connectivity index (χ1n) is 28.5. The normalized spacial score (nSPS) is 14.0. The van der Waals surface area contributed by atoms with Crippen molar-refractivity contribution in [3.63, 3.8) is 0 Å². The summed E-state index contributed by atoms with van der Waals surface area (Å²) in [6.45, 7) is 4.39. The maximum Gasteiger partial charge on any atom is 0.472 e. The van der Waals surface area contributed by atoms with E-state index in [1.807, 2.05) is 0 Å². The van der Waals surface area contributed by atoms with Gasteiger partial charge in [0.05, 0.1) is 19.8 Å². The number of esters is 3. The van der Waals surface area contributed by atoms with E-state index in [0.29, 0.717) is 19.3 Å². The van der Waals surface area contributed by atoms with Crippen LogP contribution in [-0.4, -0.2) is 66.5 Å². The Labute approximate surface area is 439 Å². The Kier molecular flexibility index (Phi) is 51.4. The number of ether oxygens (including phenoxy) is 3. The molecule has 0 aliphatic heterocycles. The molecule has 11 nitrogen and oxygen atoms in total. The standard InChI is InChI=1S/C60H103O11P/c1-4-7-10-13-16-19-22-25-27-28-30-33-36-39-42-45-48-51-60(64)71-57(53-67-58(62)49-46-43-40-37-34-32-29-26-23-20-17-14-11-8-5-2)55-69-72(65,66)68-54-56(52-61)70-59(63)50-47-44-41-38-35-31-24-21-18-15-12-9-6-3/h8,11-12,15,17,20-21,24-27,29,34,37,56-57,61H,4-7,9-10,13-14,16,18-19,22-23,28,30-33,35-36,38-55H2,1-3H3,(H,65,66)/b11-8-,15-12-,20-17-,24-21-,27-25-,29-26-,37-34-. The van der Waals surface area contributed by atoms with Gasteiger partial charge in [-0.3, -0.25) is 23.4 Å². The largest absolute Gasteiger partial charge is 0.472 e. The predicted octanol–water partition coefficient (Wildman–Crippen LogP) is 16.7. The molecule has 3 unspecified atom stereocenters. The molecule has 0 saturated carbocycles. The van der Waals surface area contributed by atoms with E-state index in [-0.39, 0.29) is 25.9 Å². The number of phosphoric ester groups is 1. The summed E-state index contributed by atoms with van der Waals surface area (Å²) in [6.07, 6.45) is 61.2. The summed E-state index contributed by atoms with van der Waals surface area (Å²) in [5, 5.41) is 9.80. The summed E-state index contributed by atoms with van der Waals surface area (Å²) in [7, 11) is -4.76. The summed E-state index contributed by atoms with van der Waals surface area (Å²) in [5.41, 5.74) is 0. The van der Waals surface area contributed by atoms with Crippen LogP contribution < -0.4 is 0 Å². The third kappa shape index (κ3) is 51.6. The molecule has 12 heteroatoms. The smallest absolute Gasteiger partial charge is 0.462 e. The highest BCUT2D eigenvalue weighted by atomic mass is 31.2. The zero-order valence-corrected chi connectivity index (χ0v) is 46.5. The van der Waals surface area contributed by atoms with Gasteiger partial charge in [-0.15, -0.1) is 0 Å². The van der Waals surface area contributed by atoms with Crippen LogP contribution in [0.1, 0.15) is 239 Å². The lowest BCUT2D eigenvalue weighted by Crippen LogP contribution is -2.30. The maximum atomic E-state index is 12.9. The van der Waals surface area contributed by atoms with Crippen LogP contribution in [0, 0.1) is 0 Å². The molecule has 0 aromatic heterocycles. The van der Waals surface area contributed by atoms with Crippen molar-refractivity contribution in [2.24, 2.45) is 0 Å². The molecule has 2 N–H and O–H groups in total. The van der Waals surface area contributed by atoms with Crippen molar-refractivity contribution < 1.29 is 52.2 Å². The van der Waals surface area contributed by atoms with Crippen LogP contribution in [0.25, 0.3) is 0 Å². The minimum Gasteiger partial charge on any atom is -0.462 e.